The maximum absolute atomic E-state index is 5.88. The standard InChI is InChI=1S/C11H17N/c1-3-11(9(2)12)10-7-5-4-6-8-10/h4-9,11H,3,12H2,1-2H3/t9-,11?/m1/s1. The minimum Gasteiger partial charge on any atom is -0.327 e. The van der Waals surface area contributed by atoms with E-state index in [2.05, 4.69) is 38.1 Å². The van der Waals surface area contributed by atoms with Gasteiger partial charge in [0.25, 0.3) is 0 Å². The van der Waals surface area contributed by atoms with Crippen molar-refractivity contribution in [3.63, 3.8) is 0 Å². The van der Waals surface area contributed by atoms with Crippen LogP contribution in [-0.4, -0.2) is 6.04 Å². The molecule has 1 unspecified atom stereocenters. The Kier molecular flexibility index (Phi) is 3.30. The van der Waals surface area contributed by atoms with Gasteiger partial charge in [-0.2, -0.15) is 0 Å². The van der Waals surface area contributed by atoms with Gasteiger partial charge in [-0.25, -0.2) is 0 Å². The van der Waals surface area contributed by atoms with Crippen molar-refractivity contribution in [1.82, 2.24) is 0 Å². The minimum absolute atomic E-state index is 0.248. The molecule has 1 heteroatoms. The van der Waals surface area contributed by atoms with Crippen molar-refractivity contribution in [2.45, 2.75) is 32.2 Å². The van der Waals surface area contributed by atoms with Gasteiger partial charge in [-0.3, -0.25) is 0 Å². The zero-order valence-corrected chi connectivity index (χ0v) is 7.83. The Hall–Kier alpha value is -0.820. The fourth-order valence-corrected chi connectivity index (χ4v) is 1.61. The van der Waals surface area contributed by atoms with Gasteiger partial charge in [0.2, 0.25) is 0 Å². The highest BCUT2D eigenvalue weighted by molar-refractivity contribution is 5.20. The Bertz CT molecular complexity index is 216. The van der Waals surface area contributed by atoms with Gasteiger partial charge in [-0.05, 0) is 24.8 Å². The van der Waals surface area contributed by atoms with E-state index in [1.54, 1.807) is 0 Å². The summed E-state index contributed by atoms with van der Waals surface area (Å²) in [4.78, 5) is 0. The summed E-state index contributed by atoms with van der Waals surface area (Å²) in [5.41, 5.74) is 7.24. The van der Waals surface area contributed by atoms with Crippen LogP contribution < -0.4 is 5.73 Å². The molecule has 2 atom stereocenters. The first-order valence-electron chi connectivity index (χ1n) is 4.56. The molecule has 0 saturated carbocycles. The first kappa shape index (κ1) is 9.27. The number of rotatable bonds is 3. The van der Waals surface area contributed by atoms with Crippen LogP contribution in [0.5, 0.6) is 0 Å². The van der Waals surface area contributed by atoms with Gasteiger partial charge in [-0.15, -0.1) is 0 Å². The Morgan fingerprint density at radius 3 is 2.25 bits per heavy atom. The first-order valence-corrected chi connectivity index (χ1v) is 4.56. The smallest absolute Gasteiger partial charge is 0.00792 e. The van der Waals surface area contributed by atoms with Gasteiger partial charge in [0.1, 0.15) is 0 Å². The lowest BCUT2D eigenvalue weighted by molar-refractivity contribution is 0.553. The molecule has 66 valence electrons. The van der Waals surface area contributed by atoms with Crippen LogP contribution in [0.1, 0.15) is 31.7 Å². The molecule has 1 aromatic carbocycles. The third kappa shape index (κ3) is 2.08. The van der Waals surface area contributed by atoms with Crippen molar-refractivity contribution in [1.29, 1.82) is 0 Å². The second kappa shape index (κ2) is 4.27. The van der Waals surface area contributed by atoms with Crippen molar-refractivity contribution in [2.75, 3.05) is 0 Å². The zero-order valence-electron chi connectivity index (χ0n) is 7.83. The van der Waals surface area contributed by atoms with Gasteiger partial charge < -0.3 is 5.73 Å². The van der Waals surface area contributed by atoms with Crippen molar-refractivity contribution in [3.05, 3.63) is 35.9 Å². The predicted molar refractivity (Wildman–Crippen MR) is 53.1 cm³/mol. The van der Waals surface area contributed by atoms with Gasteiger partial charge in [0, 0.05) is 6.04 Å². The molecule has 0 radical (unpaired) electrons. The molecule has 12 heavy (non-hydrogen) atoms. The van der Waals surface area contributed by atoms with Crippen LogP contribution >= 0.6 is 0 Å². The number of hydrogen-bond donors (Lipinski definition) is 1. The molecule has 0 spiro atoms. The molecule has 0 saturated heterocycles. The van der Waals surface area contributed by atoms with E-state index < -0.39 is 0 Å². The highest BCUT2D eigenvalue weighted by atomic mass is 14.6. The largest absolute Gasteiger partial charge is 0.327 e. The molecule has 0 aliphatic heterocycles. The summed E-state index contributed by atoms with van der Waals surface area (Å²) in [7, 11) is 0. The van der Waals surface area contributed by atoms with Crippen LogP contribution in [-0.2, 0) is 0 Å². The summed E-state index contributed by atoms with van der Waals surface area (Å²) in [6, 6.07) is 10.7. The van der Waals surface area contributed by atoms with Crippen LogP contribution in [0.2, 0.25) is 0 Å². The maximum atomic E-state index is 5.88. The van der Waals surface area contributed by atoms with Crippen LogP contribution in [0, 0.1) is 0 Å². The number of nitrogens with two attached hydrogens (primary N) is 1. The van der Waals surface area contributed by atoms with E-state index in [4.69, 9.17) is 5.73 Å². The highest BCUT2D eigenvalue weighted by Gasteiger charge is 2.12. The second-order valence-electron chi connectivity index (χ2n) is 3.28. The zero-order chi connectivity index (χ0) is 8.97. The molecular weight excluding hydrogens is 146 g/mol. The summed E-state index contributed by atoms with van der Waals surface area (Å²) < 4.78 is 0. The van der Waals surface area contributed by atoms with E-state index in [9.17, 15) is 0 Å². The summed E-state index contributed by atoms with van der Waals surface area (Å²) in [6.07, 6.45) is 1.11. The van der Waals surface area contributed by atoms with Crippen molar-refractivity contribution in [3.8, 4) is 0 Å². The second-order valence-corrected chi connectivity index (χ2v) is 3.28. The fraction of sp³-hybridized carbons (Fsp3) is 0.455. The molecule has 0 aromatic heterocycles. The van der Waals surface area contributed by atoms with Crippen LogP contribution in [0.15, 0.2) is 30.3 Å². The third-order valence-corrected chi connectivity index (χ3v) is 2.30. The van der Waals surface area contributed by atoms with Crippen molar-refractivity contribution >= 4 is 0 Å². The quantitative estimate of drug-likeness (QED) is 0.728. The molecular formula is C11H17N. The van der Waals surface area contributed by atoms with Crippen LogP contribution in [0.25, 0.3) is 0 Å². The topological polar surface area (TPSA) is 26.0 Å². The van der Waals surface area contributed by atoms with Gasteiger partial charge in [0.05, 0.1) is 0 Å². The highest BCUT2D eigenvalue weighted by Crippen LogP contribution is 2.21. The van der Waals surface area contributed by atoms with Crippen LogP contribution in [0.4, 0.5) is 0 Å². The van der Waals surface area contributed by atoms with E-state index in [0.29, 0.717) is 5.92 Å². The van der Waals surface area contributed by atoms with Crippen molar-refractivity contribution in [2.24, 2.45) is 5.73 Å². The summed E-state index contributed by atoms with van der Waals surface area (Å²) in [6.45, 7) is 4.25. The Labute approximate surface area is 74.6 Å². The maximum Gasteiger partial charge on any atom is 0.00792 e. The lowest BCUT2D eigenvalue weighted by Gasteiger charge is -2.18. The van der Waals surface area contributed by atoms with Gasteiger partial charge in [0.15, 0.2) is 0 Å². The molecule has 1 aromatic rings. The first-order chi connectivity index (χ1) is 5.75. The molecule has 0 aliphatic rings. The lowest BCUT2D eigenvalue weighted by atomic mass is 9.91. The SMILES string of the molecule is CCC(c1ccccc1)[C@@H](C)N. The van der Waals surface area contributed by atoms with E-state index in [0.717, 1.165) is 6.42 Å². The summed E-state index contributed by atoms with van der Waals surface area (Å²) in [5.74, 6) is 0.506. The average molecular weight is 163 g/mol. The molecule has 2 N–H and O–H groups in total. The van der Waals surface area contributed by atoms with E-state index in [-0.39, 0.29) is 6.04 Å². The molecule has 0 amide bonds. The molecule has 1 rings (SSSR count). The van der Waals surface area contributed by atoms with Gasteiger partial charge >= 0.3 is 0 Å². The molecule has 0 fully saturated rings. The Balaban J connectivity index is 2.80. The van der Waals surface area contributed by atoms with Gasteiger partial charge in [-0.1, -0.05) is 37.3 Å². The molecule has 1 nitrogen and oxygen atoms in total. The Morgan fingerprint density at radius 1 is 1.25 bits per heavy atom. The third-order valence-electron chi connectivity index (χ3n) is 2.30. The van der Waals surface area contributed by atoms with E-state index >= 15 is 0 Å². The fourth-order valence-electron chi connectivity index (χ4n) is 1.61. The van der Waals surface area contributed by atoms with Crippen molar-refractivity contribution < 1.29 is 0 Å². The Morgan fingerprint density at radius 2 is 1.83 bits per heavy atom. The summed E-state index contributed by atoms with van der Waals surface area (Å²) >= 11 is 0. The average Bonchev–Trinajstić information content (AvgIpc) is 2.07. The molecule has 0 heterocycles. The molecule has 0 bridgehead atoms. The van der Waals surface area contributed by atoms with E-state index in [1.165, 1.54) is 5.56 Å². The van der Waals surface area contributed by atoms with Crippen LogP contribution in [0.3, 0.4) is 0 Å². The summed E-state index contributed by atoms with van der Waals surface area (Å²) in [5, 5.41) is 0. The minimum atomic E-state index is 0.248. The monoisotopic (exact) mass is 163 g/mol. The number of benzene rings is 1. The predicted octanol–water partition coefficient (Wildman–Crippen LogP) is 2.53. The normalized spacial score (nSPS) is 15.6. The van der Waals surface area contributed by atoms with E-state index in [1.807, 2.05) is 6.07 Å². The molecule has 0 aliphatic carbocycles. The lowest BCUT2D eigenvalue weighted by Crippen LogP contribution is -2.24. The number of hydrogen-bond acceptors (Lipinski definition) is 1.